The van der Waals surface area contributed by atoms with E-state index in [0.29, 0.717) is 18.9 Å². The van der Waals surface area contributed by atoms with Gasteiger partial charge in [0, 0.05) is 0 Å². The van der Waals surface area contributed by atoms with Crippen LogP contribution in [0.4, 0.5) is 0 Å². The van der Waals surface area contributed by atoms with Crippen LogP contribution < -0.4 is 14.4 Å². The Morgan fingerprint density at radius 2 is 1.83 bits per heavy atom. The van der Waals surface area contributed by atoms with Gasteiger partial charge in [0.05, 0.1) is 31.3 Å². The summed E-state index contributed by atoms with van der Waals surface area (Å²) < 4.78 is 38.3. The number of hydrogen-bond acceptors (Lipinski definition) is 4. The zero-order chi connectivity index (χ0) is 16.9. The average Bonchev–Trinajstić information content (AvgIpc) is 2.55. The summed E-state index contributed by atoms with van der Waals surface area (Å²) in [6, 6.07) is 6.50. The predicted octanol–water partition coefficient (Wildman–Crippen LogP) is 0.0573. The third-order valence-corrected chi connectivity index (χ3v) is 5.62. The van der Waals surface area contributed by atoms with Crippen LogP contribution >= 0.6 is 0 Å². The van der Waals surface area contributed by atoms with Gasteiger partial charge in [-0.25, -0.2) is 13.1 Å². The number of quaternary nitrogens is 1. The molecule has 1 aliphatic rings. The van der Waals surface area contributed by atoms with Crippen LogP contribution in [-0.4, -0.2) is 53.4 Å². The summed E-state index contributed by atoms with van der Waals surface area (Å²) >= 11 is 0. The number of sulfonamides is 1. The van der Waals surface area contributed by atoms with Crippen LogP contribution in [0.3, 0.4) is 0 Å². The van der Waals surface area contributed by atoms with Gasteiger partial charge in [-0.15, -0.1) is 0 Å². The smallest absolute Gasteiger partial charge is 0.240 e. The minimum Gasteiger partial charge on any atom is -0.494 e. The monoisotopic (exact) mass is 343 g/mol. The largest absolute Gasteiger partial charge is 0.494 e. The molecule has 1 fully saturated rings. The van der Waals surface area contributed by atoms with Gasteiger partial charge in [-0.2, -0.15) is 0 Å². The van der Waals surface area contributed by atoms with Crippen LogP contribution in [0.15, 0.2) is 29.2 Å². The van der Waals surface area contributed by atoms with Crippen molar-refractivity contribution in [3.63, 3.8) is 0 Å². The molecule has 1 aromatic rings. The van der Waals surface area contributed by atoms with Crippen molar-refractivity contribution in [2.75, 3.05) is 39.5 Å². The lowest BCUT2D eigenvalue weighted by atomic mass is 10.0. The number of rotatable bonds is 7. The molecule has 23 heavy (non-hydrogen) atoms. The Hall–Kier alpha value is -1.15. The second-order valence-corrected chi connectivity index (χ2v) is 8.10. The number of hydrogen-bond donors (Lipinski definition) is 2. The summed E-state index contributed by atoms with van der Waals surface area (Å²) in [5.41, 5.74) is -0.178. The lowest BCUT2D eigenvalue weighted by molar-refractivity contribution is -0.954. The summed E-state index contributed by atoms with van der Waals surface area (Å²) in [5, 5.41) is 0. The maximum absolute atomic E-state index is 12.4. The van der Waals surface area contributed by atoms with Crippen molar-refractivity contribution in [2.24, 2.45) is 0 Å². The highest BCUT2D eigenvalue weighted by Gasteiger charge is 2.33. The normalized spacial score (nSPS) is 17.2. The van der Waals surface area contributed by atoms with Gasteiger partial charge < -0.3 is 14.4 Å². The summed E-state index contributed by atoms with van der Waals surface area (Å²) in [4.78, 5) is 1.62. The summed E-state index contributed by atoms with van der Waals surface area (Å²) in [5.74, 6) is 0.671. The molecule has 1 aromatic carbocycles. The van der Waals surface area contributed by atoms with E-state index >= 15 is 0 Å². The molecule has 0 spiro atoms. The van der Waals surface area contributed by atoms with Gasteiger partial charge in [0.15, 0.2) is 0 Å². The fourth-order valence-corrected chi connectivity index (χ4v) is 3.87. The standard InChI is InChI=1S/C16H26N2O4S/c1-4-22-14-5-7-15(8-6-14)23(19,20)17-13-16(2,3)18-9-11-21-12-10-18/h5-8,17H,4,9-13H2,1-3H3/p+1. The van der Waals surface area contributed by atoms with E-state index in [0.717, 1.165) is 26.3 Å². The van der Waals surface area contributed by atoms with Crippen molar-refractivity contribution in [3.05, 3.63) is 24.3 Å². The molecule has 0 amide bonds. The second kappa shape index (κ2) is 7.61. The van der Waals surface area contributed by atoms with E-state index in [1.807, 2.05) is 6.92 Å². The summed E-state index contributed by atoms with van der Waals surface area (Å²) in [6.07, 6.45) is 0. The Balaban J connectivity index is 1.99. The van der Waals surface area contributed by atoms with E-state index in [1.165, 1.54) is 4.90 Å². The van der Waals surface area contributed by atoms with Gasteiger partial charge in [-0.3, -0.25) is 0 Å². The summed E-state index contributed by atoms with van der Waals surface area (Å²) in [6.45, 7) is 10.2. The van der Waals surface area contributed by atoms with Crippen LogP contribution in [0.1, 0.15) is 20.8 Å². The molecule has 7 heteroatoms. The Morgan fingerprint density at radius 1 is 1.22 bits per heavy atom. The van der Waals surface area contributed by atoms with Crippen LogP contribution in [0.2, 0.25) is 0 Å². The fraction of sp³-hybridized carbons (Fsp3) is 0.625. The van der Waals surface area contributed by atoms with Crippen molar-refractivity contribution < 1.29 is 22.8 Å². The minimum absolute atomic E-state index is 0.178. The molecular weight excluding hydrogens is 316 g/mol. The lowest BCUT2D eigenvalue weighted by Gasteiger charge is -2.37. The van der Waals surface area contributed by atoms with Crippen molar-refractivity contribution >= 4 is 10.0 Å². The van der Waals surface area contributed by atoms with Crippen LogP contribution in [0, 0.1) is 0 Å². The lowest BCUT2D eigenvalue weighted by Crippen LogP contribution is -3.22. The number of morpholine rings is 1. The highest BCUT2D eigenvalue weighted by atomic mass is 32.2. The second-order valence-electron chi connectivity index (χ2n) is 6.33. The van der Waals surface area contributed by atoms with Crippen molar-refractivity contribution in [1.82, 2.24) is 4.72 Å². The number of nitrogens with one attached hydrogen (secondary N) is 2. The third kappa shape index (κ3) is 4.91. The van der Waals surface area contributed by atoms with Crippen molar-refractivity contribution in [2.45, 2.75) is 31.2 Å². The molecule has 6 nitrogen and oxygen atoms in total. The minimum atomic E-state index is -3.51. The van der Waals surface area contributed by atoms with Crippen molar-refractivity contribution in [1.29, 1.82) is 0 Å². The van der Waals surface area contributed by atoms with Crippen molar-refractivity contribution in [3.8, 4) is 5.75 Å². The molecule has 1 saturated heterocycles. The first-order valence-corrected chi connectivity index (χ1v) is 9.49. The Bertz CT molecular complexity index is 593. The molecule has 0 bridgehead atoms. The van der Waals surface area contributed by atoms with E-state index in [2.05, 4.69) is 18.6 Å². The van der Waals surface area contributed by atoms with E-state index in [1.54, 1.807) is 24.3 Å². The summed E-state index contributed by atoms with van der Waals surface area (Å²) in [7, 11) is -3.51. The highest BCUT2D eigenvalue weighted by molar-refractivity contribution is 7.89. The molecule has 130 valence electrons. The molecule has 0 atom stereocenters. The molecule has 1 aliphatic heterocycles. The first-order chi connectivity index (χ1) is 10.8. The van der Waals surface area contributed by atoms with Crippen LogP contribution in [0.25, 0.3) is 0 Å². The van der Waals surface area contributed by atoms with Gasteiger partial charge in [0.1, 0.15) is 24.4 Å². The maximum Gasteiger partial charge on any atom is 0.240 e. The molecule has 0 unspecified atom stereocenters. The molecule has 1 heterocycles. The predicted molar refractivity (Wildman–Crippen MR) is 88.4 cm³/mol. The number of benzene rings is 1. The topological polar surface area (TPSA) is 69.1 Å². The molecule has 0 radical (unpaired) electrons. The zero-order valence-corrected chi connectivity index (χ0v) is 14.9. The van der Waals surface area contributed by atoms with Gasteiger partial charge in [-0.05, 0) is 45.0 Å². The van der Waals surface area contributed by atoms with E-state index < -0.39 is 10.0 Å². The Kier molecular flexibility index (Phi) is 6.02. The number of ether oxygens (including phenoxy) is 2. The molecule has 2 N–H and O–H groups in total. The Morgan fingerprint density at radius 3 is 2.39 bits per heavy atom. The van der Waals surface area contributed by atoms with Gasteiger partial charge in [0.25, 0.3) is 0 Å². The quantitative estimate of drug-likeness (QED) is 0.734. The average molecular weight is 343 g/mol. The SMILES string of the molecule is CCOc1ccc(S(=O)(=O)NCC(C)(C)[NH+]2CCOCC2)cc1. The highest BCUT2D eigenvalue weighted by Crippen LogP contribution is 2.16. The fourth-order valence-electron chi connectivity index (χ4n) is 2.66. The molecule has 0 saturated carbocycles. The van der Waals surface area contributed by atoms with Gasteiger partial charge >= 0.3 is 0 Å². The zero-order valence-electron chi connectivity index (χ0n) is 14.1. The van der Waals surface area contributed by atoms with Gasteiger partial charge in [0.2, 0.25) is 10.0 Å². The third-order valence-electron chi connectivity index (χ3n) is 4.20. The van der Waals surface area contributed by atoms with Gasteiger partial charge in [-0.1, -0.05) is 0 Å². The first-order valence-electron chi connectivity index (χ1n) is 8.00. The maximum atomic E-state index is 12.4. The first kappa shape index (κ1) is 18.2. The Labute approximate surface area is 138 Å². The molecule has 2 rings (SSSR count). The van der Waals surface area contributed by atoms with Crippen LogP contribution in [0.5, 0.6) is 5.75 Å². The van der Waals surface area contributed by atoms with Crippen LogP contribution in [-0.2, 0) is 14.8 Å². The van der Waals surface area contributed by atoms with E-state index in [-0.39, 0.29) is 10.4 Å². The van der Waals surface area contributed by atoms with E-state index in [9.17, 15) is 8.42 Å². The van der Waals surface area contributed by atoms with E-state index in [4.69, 9.17) is 9.47 Å². The molecule has 0 aliphatic carbocycles. The molecular formula is C16H27N2O4S+. The molecule has 0 aromatic heterocycles.